The van der Waals surface area contributed by atoms with Gasteiger partial charge in [0.05, 0.1) is 23.5 Å². The molecule has 148 valence electrons. The van der Waals surface area contributed by atoms with E-state index in [1.165, 1.54) is 12.2 Å². The molecular weight excluding hydrogens is 376 g/mol. The van der Waals surface area contributed by atoms with Gasteiger partial charge in [-0.05, 0) is 31.2 Å². The number of nitrogens with zero attached hydrogens (tertiary/aromatic N) is 3. The zero-order valence-corrected chi connectivity index (χ0v) is 16.4. The van der Waals surface area contributed by atoms with Crippen LogP contribution in [-0.2, 0) is 9.53 Å². The lowest BCUT2D eigenvalue weighted by molar-refractivity contribution is -0.137. The summed E-state index contributed by atoms with van der Waals surface area (Å²) in [6, 6.07) is 19.6. The molecule has 0 amide bonds. The first-order valence-corrected chi connectivity index (χ1v) is 9.58. The molecular formula is C24H20N4O2. The summed E-state index contributed by atoms with van der Waals surface area (Å²) >= 11 is 0. The smallest absolute Gasteiger partial charge is 0.330 e. The van der Waals surface area contributed by atoms with E-state index in [0.29, 0.717) is 23.7 Å². The molecule has 0 radical (unpaired) electrons. The van der Waals surface area contributed by atoms with E-state index in [9.17, 15) is 4.79 Å². The van der Waals surface area contributed by atoms with Crippen molar-refractivity contribution in [2.75, 3.05) is 12.3 Å². The van der Waals surface area contributed by atoms with E-state index in [-0.39, 0.29) is 5.82 Å². The third-order valence-corrected chi connectivity index (χ3v) is 4.54. The van der Waals surface area contributed by atoms with E-state index in [0.717, 1.165) is 22.0 Å². The van der Waals surface area contributed by atoms with E-state index in [1.54, 1.807) is 13.1 Å². The van der Waals surface area contributed by atoms with E-state index < -0.39 is 5.97 Å². The van der Waals surface area contributed by atoms with Crippen LogP contribution in [0, 0.1) is 0 Å². The molecule has 2 aromatic heterocycles. The highest BCUT2D eigenvalue weighted by Crippen LogP contribution is 2.32. The SMILES string of the molecule is CCOC(=O)/C=C/c1nc(-c2ccc3ncccc3c2)c(-c2ccccc2)nc1N. The molecule has 6 nitrogen and oxygen atoms in total. The molecule has 0 bridgehead atoms. The number of fused-ring (bicyclic) bond motifs is 1. The number of hydrogen-bond donors (Lipinski definition) is 1. The maximum Gasteiger partial charge on any atom is 0.330 e. The lowest BCUT2D eigenvalue weighted by atomic mass is 10.0. The fraction of sp³-hybridized carbons (Fsp3) is 0.0833. The first kappa shape index (κ1) is 19.3. The summed E-state index contributed by atoms with van der Waals surface area (Å²) in [5, 5.41) is 0.997. The summed E-state index contributed by atoms with van der Waals surface area (Å²) in [6.07, 6.45) is 4.60. The molecule has 0 aliphatic rings. The standard InChI is InChI=1S/C24H20N4O2/c1-2-30-21(29)13-12-20-24(25)28-22(16-7-4-3-5-8-16)23(27-20)18-10-11-19-17(15-18)9-6-14-26-19/h3-15H,2H2,1H3,(H2,25,28)/b13-12+. The van der Waals surface area contributed by atoms with Gasteiger partial charge in [-0.1, -0.05) is 42.5 Å². The van der Waals surface area contributed by atoms with Gasteiger partial charge in [0.25, 0.3) is 0 Å². The summed E-state index contributed by atoms with van der Waals surface area (Å²) in [6.45, 7) is 2.05. The molecule has 6 heteroatoms. The molecule has 0 spiro atoms. The molecule has 2 aromatic carbocycles. The topological polar surface area (TPSA) is 91.0 Å². The van der Waals surface area contributed by atoms with Gasteiger partial charge in [-0.15, -0.1) is 0 Å². The van der Waals surface area contributed by atoms with Crippen molar-refractivity contribution in [1.82, 2.24) is 15.0 Å². The highest BCUT2D eigenvalue weighted by molar-refractivity contribution is 5.90. The summed E-state index contributed by atoms with van der Waals surface area (Å²) < 4.78 is 4.94. The highest BCUT2D eigenvalue weighted by Gasteiger charge is 2.15. The first-order valence-electron chi connectivity index (χ1n) is 9.58. The molecule has 2 heterocycles. The van der Waals surface area contributed by atoms with Crippen LogP contribution in [0.1, 0.15) is 12.6 Å². The van der Waals surface area contributed by atoms with Crippen LogP contribution in [0.2, 0.25) is 0 Å². The number of nitrogen functional groups attached to an aromatic ring is 1. The van der Waals surface area contributed by atoms with Crippen LogP contribution >= 0.6 is 0 Å². The zero-order valence-electron chi connectivity index (χ0n) is 16.4. The number of benzene rings is 2. The molecule has 30 heavy (non-hydrogen) atoms. The van der Waals surface area contributed by atoms with Crippen molar-refractivity contribution >= 4 is 28.8 Å². The number of esters is 1. The number of hydrogen-bond acceptors (Lipinski definition) is 6. The Morgan fingerprint density at radius 3 is 2.60 bits per heavy atom. The second-order valence-electron chi connectivity index (χ2n) is 6.55. The Bertz CT molecular complexity index is 1240. The fourth-order valence-electron chi connectivity index (χ4n) is 3.14. The quantitative estimate of drug-likeness (QED) is 0.394. The summed E-state index contributed by atoms with van der Waals surface area (Å²) in [5.41, 5.74) is 10.6. The van der Waals surface area contributed by atoms with E-state index in [4.69, 9.17) is 15.5 Å². The van der Waals surface area contributed by atoms with Crippen LogP contribution in [0.15, 0.2) is 72.9 Å². The molecule has 4 aromatic rings. The van der Waals surface area contributed by atoms with Gasteiger partial charge in [0.1, 0.15) is 11.5 Å². The fourth-order valence-corrected chi connectivity index (χ4v) is 3.14. The Morgan fingerprint density at radius 1 is 1.00 bits per heavy atom. The Kier molecular flexibility index (Phi) is 5.48. The molecule has 0 saturated carbocycles. The Labute approximate surface area is 174 Å². The average molecular weight is 396 g/mol. The lowest BCUT2D eigenvalue weighted by Gasteiger charge is -2.12. The molecule has 0 aliphatic heterocycles. The number of carbonyl (C=O) groups excluding carboxylic acids is 1. The van der Waals surface area contributed by atoms with Gasteiger partial charge in [0, 0.05) is 28.8 Å². The summed E-state index contributed by atoms with van der Waals surface area (Å²) in [5.74, 6) is -0.218. The van der Waals surface area contributed by atoms with E-state index in [2.05, 4.69) is 9.97 Å². The van der Waals surface area contributed by atoms with Gasteiger partial charge in [0.2, 0.25) is 0 Å². The van der Waals surface area contributed by atoms with Crippen LogP contribution in [0.25, 0.3) is 39.5 Å². The van der Waals surface area contributed by atoms with Crippen LogP contribution < -0.4 is 5.73 Å². The molecule has 0 aliphatic carbocycles. The van der Waals surface area contributed by atoms with Crippen molar-refractivity contribution in [2.24, 2.45) is 0 Å². The van der Waals surface area contributed by atoms with Gasteiger partial charge >= 0.3 is 5.97 Å². The Hall–Kier alpha value is -4.06. The number of pyridine rings is 1. The third kappa shape index (κ3) is 4.03. The molecule has 0 atom stereocenters. The monoisotopic (exact) mass is 396 g/mol. The number of aromatic nitrogens is 3. The first-order chi connectivity index (χ1) is 14.7. The van der Waals surface area contributed by atoms with Gasteiger partial charge in [-0.25, -0.2) is 14.8 Å². The Morgan fingerprint density at radius 2 is 1.80 bits per heavy atom. The minimum atomic E-state index is -0.454. The van der Waals surface area contributed by atoms with Gasteiger partial charge in [-0.2, -0.15) is 0 Å². The number of nitrogens with two attached hydrogens (primary N) is 1. The molecule has 0 unspecified atom stereocenters. The largest absolute Gasteiger partial charge is 0.463 e. The highest BCUT2D eigenvalue weighted by atomic mass is 16.5. The molecule has 2 N–H and O–H groups in total. The number of carbonyl (C=O) groups is 1. The maximum atomic E-state index is 11.7. The van der Waals surface area contributed by atoms with Crippen LogP contribution in [0.3, 0.4) is 0 Å². The lowest BCUT2D eigenvalue weighted by Crippen LogP contribution is -2.04. The Balaban J connectivity index is 1.88. The van der Waals surface area contributed by atoms with E-state index >= 15 is 0 Å². The normalized spacial score (nSPS) is 11.1. The van der Waals surface area contributed by atoms with Crippen LogP contribution in [0.4, 0.5) is 5.82 Å². The average Bonchev–Trinajstić information content (AvgIpc) is 2.78. The third-order valence-electron chi connectivity index (χ3n) is 4.54. The van der Waals surface area contributed by atoms with Crippen molar-refractivity contribution in [2.45, 2.75) is 6.92 Å². The molecule has 0 saturated heterocycles. The number of anilines is 1. The van der Waals surface area contributed by atoms with Gasteiger partial charge in [0.15, 0.2) is 0 Å². The minimum absolute atomic E-state index is 0.237. The van der Waals surface area contributed by atoms with Crippen molar-refractivity contribution < 1.29 is 9.53 Å². The number of ether oxygens (including phenoxy) is 1. The van der Waals surface area contributed by atoms with Gasteiger partial charge in [-0.3, -0.25) is 4.98 Å². The predicted molar refractivity (Wildman–Crippen MR) is 118 cm³/mol. The zero-order chi connectivity index (χ0) is 20.9. The maximum absolute atomic E-state index is 11.7. The number of rotatable bonds is 5. The molecule has 0 fully saturated rings. The van der Waals surface area contributed by atoms with Crippen LogP contribution in [-0.4, -0.2) is 27.5 Å². The predicted octanol–water partition coefficient (Wildman–Crippen LogP) is 4.52. The van der Waals surface area contributed by atoms with Crippen molar-refractivity contribution in [1.29, 1.82) is 0 Å². The van der Waals surface area contributed by atoms with Crippen LogP contribution in [0.5, 0.6) is 0 Å². The summed E-state index contributed by atoms with van der Waals surface area (Å²) in [4.78, 5) is 25.5. The second kappa shape index (κ2) is 8.53. The minimum Gasteiger partial charge on any atom is -0.463 e. The van der Waals surface area contributed by atoms with Crippen molar-refractivity contribution in [3.63, 3.8) is 0 Å². The van der Waals surface area contributed by atoms with Crippen molar-refractivity contribution in [3.05, 3.63) is 78.6 Å². The van der Waals surface area contributed by atoms with E-state index in [1.807, 2.05) is 60.7 Å². The second-order valence-corrected chi connectivity index (χ2v) is 6.55. The molecule has 4 rings (SSSR count). The van der Waals surface area contributed by atoms with Gasteiger partial charge < -0.3 is 10.5 Å². The van der Waals surface area contributed by atoms with Crippen molar-refractivity contribution in [3.8, 4) is 22.5 Å². The summed E-state index contributed by atoms with van der Waals surface area (Å²) in [7, 11) is 0.